The Hall–Kier alpha value is -3.27. The maximum atomic E-state index is 11.9. The minimum atomic E-state index is -0.215. The Labute approximate surface area is 147 Å². The van der Waals surface area contributed by atoms with Crippen LogP contribution in [0.15, 0.2) is 45.2 Å². The lowest BCUT2D eigenvalue weighted by Gasteiger charge is -2.05. The van der Waals surface area contributed by atoms with Crippen molar-refractivity contribution in [1.82, 2.24) is 0 Å². The number of carbonyl (C=O) groups is 1. The first-order valence-corrected chi connectivity index (χ1v) is 8.61. The molecule has 2 aromatic heterocycles. The van der Waals surface area contributed by atoms with Gasteiger partial charge < -0.3 is 13.6 Å². The van der Waals surface area contributed by atoms with Crippen LogP contribution in [0.3, 0.4) is 0 Å². The molecule has 4 nitrogen and oxygen atoms in total. The van der Waals surface area contributed by atoms with E-state index in [1.807, 2.05) is 30.3 Å². The van der Waals surface area contributed by atoms with Gasteiger partial charge in [0.15, 0.2) is 0 Å². The summed E-state index contributed by atoms with van der Waals surface area (Å²) in [6, 6.07) is 12.0. The van der Waals surface area contributed by atoms with E-state index in [0.717, 1.165) is 54.8 Å². The molecule has 0 saturated heterocycles. The van der Waals surface area contributed by atoms with Crippen LogP contribution in [0, 0.1) is 13.8 Å². The first kappa shape index (κ1) is 14.0. The molecule has 0 spiro atoms. The van der Waals surface area contributed by atoms with Crippen LogP contribution in [0.2, 0.25) is 0 Å². The molecule has 0 saturated carbocycles. The summed E-state index contributed by atoms with van der Waals surface area (Å²) in [5, 5.41) is 5.13. The van der Waals surface area contributed by atoms with Crippen molar-refractivity contribution in [3.8, 4) is 5.75 Å². The second-order valence-corrected chi connectivity index (χ2v) is 7.05. The van der Waals surface area contributed by atoms with Crippen LogP contribution >= 0.6 is 0 Å². The van der Waals surface area contributed by atoms with E-state index in [1.165, 1.54) is 0 Å². The molecule has 0 unspecified atom stereocenters. The van der Waals surface area contributed by atoms with Gasteiger partial charge in [-0.1, -0.05) is 18.2 Å². The minimum Gasteiger partial charge on any atom is -0.426 e. The predicted molar refractivity (Wildman–Crippen MR) is 99.8 cm³/mol. The lowest BCUT2D eigenvalue weighted by molar-refractivity contribution is -0.131. The van der Waals surface area contributed by atoms with Crippen LogP contribution < -0.4 is 4.74 Å². The third kappa shape index (κ3) is 1.61. The maximum Gasteiger partial charge on any atom is 0.315 e. The topological polar surface area (TPSA) is 52.6 Å². The van der Waals surface area contributed by atoms with Gasteiger partial charge in [-0.3, -0.25) is 4.79 Å². The van der Waals surface area contributed by atoms with Crippen LogP contribution in [0.5, 0.6) is 5.75 Å². The highest BCUT2D eigenvalue weighted by Gasteiger charge is 2.26. The highest BCUT2D eigenvalue weighted by Crippen LogP contribution is 2.45. The van der Waals surface area contributed by atoms with E-state index in [1.54, 1.807) is 0 Å². The number of hydrogen-bond acceptors (Lipinski definition) is 4. The normalized spacial score (nSPS) is 14.0. The summed E-state index contributed by atoms with van der Waals surface area (Å²) < 4.78 is 17.4. The van der Waals surface area contributed by atoms with Crippen molar-refractivity contribution in [3.63, 3.8) is 0 Å². The van der Waals surface area contributed by atoms with Crippen molar-refractivity contribution in [2.75, 3.05) is 0 Å². The quantitative estimate of drug-likeness (QED) is 0.273. The number of rotatable bonds is 0. The van der Waals surface area contributed by atoms with Gasteiger partial charge in [-0.2, -0.15) is 0 Å². The Kier molecular flexibility index (Phi) is 2.40. The highest BCUT2D eigenvalue weighted by molar-refractivity contribution is 6.27. The Bertz CT molecular complexity index is 1410. The molecule has 3 heterocycles. The Morgan fingerprint density at radius 3 is 2.54 bits per heavy atom. The number of hydrogen-bond donors (Lipinski definition) is 0. The molecule has 1 aliphatic rings. The average Bonchev–Trinajstić information content (AvgIpc) is 3.23. The van der Waals surface area contributed by atoms with E-state index in [4.69, 9.17) is 13.6 Å². The Balaban J connectivity index is 1.91. The monoisotopic (exact) mass is 342 g/mol. The van der Waals surface area contributed by atoms with Crippen molar-refractivity contribution in [2.24, 2.45) is 0 Å². The summed E-state index contributed by atoms with van der Waals surface area (Å²) in [7, 11) is 0. The molecule has 0 N–H and O–H groups in total. The molecule has 6 rings (SSSR count). The summed E-state index contributed by atoms with van der Waals surface area (Å²) in [6.45, 7) is 4.14. The van der Waals surface area contributed by atoms with Crippen molar-refractivity contribution in [3.05, 3.63) is 53.1 Å². The van der Waals surface area contributed by atoms with Gasteiger partial charge in [-0.25, -0.2) is 0 Å². The van der Waals surface area contributed by atoms with Crippen LogP contribution in [-0.4, -0.2) is 5.97 Å². The largest absolute Gasteiger partial charge is 0.426 e. The van der Waals surface area contributed by atoms with E-state index >= 15 is 0 Å². The van der Waals surface area contributed by atoms with Gasteiger partial charge in [0.05, 0.1) is 11.8 Å². The zero-order chi connectivity index (χ0) is 17.6. The average molecular weight is 342 g/mol. The summed E-state index contributed by atoms with van der Waals surface area (Å²) in [6.07, 6.45) is 0.284. The first-order valence-electron chi connectivity index (χ1n) is 8.61. The number of carbonyl (C=O) groups excluding carboxylic acids is 1. The number of ether oxygens (including phenoxy) is 1. The van der Waals surface area contributed by atoms with Gasteiger partial charge in [-0.05, 0) is 48.6 Å². The third-order valence-corrected chi connectivity index (χ3v) is 5.31. The van der Waals surface area contributed by atoms with Crippen LogP contribution in [0.4, 0.5) is 0 Å². The fourth-order valence-corrected chi connectivity index (χ4v) is 4.34. The summed E-state index contributed by atoms with van der Waals surface area (Å²) >= 11 is 0. The van der Waals surface area contributed by atoms with E-state index in [9.17, 15) is 4.79 Å². The molecular weight excluding hydrogens is 328 g/mol. The molecule has 0 fully saturated rings. The summed E-state index contributed by atoms with van der Waals surface area (Å²) in [5.41, 5.74) is 4.83. The van der Waals surface area contributed by atoms with Crippen LogP contribution in [-0.2, 0) is 11.2 Å². The number of furan rings is 2. The fraction of sp³-hybridized carbons (Fsp3) is 0.136. The van der Waals surface area contributed by atoms with E-state index in [2.05, 4.69) is 19.9 Å². The van der Waals surface area contributed by atoms with E-state index in [-0.39, 0.29) is 12.4 Å². The second-order valence-electron chi connectivity index (χ2n) is 7.05. The van der Waals surface area contributed by atoms with Gasteiger partial charge in [0.2, 0.25) is 0 Å². The van der Waals surface area contributed by atoms with Crippen molar-refractivity contribution in [2.45, 2.75) is 20.3 Å². The molecule has 0 atom stereocenters. The SMILES string of the molecule is Cc1cc(C)c2c(c1)oc1oc3ccc4ccc5c(c4c3c12)CC(=O)O5. The van der Waals surface area contributed by atoms with Gasteiger partial charge in [0, 0.05) is 21.7 Å². The molecular formula is C22H14O4. The zero-order valence-corrected chi connectivity index (χ0v) is 14.3. The summed E-state index contributed by atoms with van der Waals surface area (Å²) in [5.74, 6) is 0.955. The summed E-state index contributed by atoms with van der Waals surface area (Å²) in [4.78, 5) is 11.9. The molecule has 0 amide bonds. The number of benzene rings is 3. The molecule has 0 bridgehead atoms. The van der Waals surface area contributed by atoms with Crippen LogP contribution in [0.25, 0.3) is 43.9 Å². The molecule has 1 aliphatic heterocycles. The molecule has 26 heavy (non-hydrogen) atoms. The Morgan fingerprint density at radius 1 is 0.846 bits per heavy atom. The zero-order valence-electron chi connectivity index (χ0n) is 14.3. The molecule has 0 radical (unpaired) electrons. The van der Waals surface area contributed by atoms with Gasteiger partial charge in [0.25, 0.3) is 5.78 Å². The molecule has 4 heteroatoms. The van der Waals surface area contributed by atoms with Gasteiger partial charge in [-0.15, -0.1) is 0 Å². The van der Waals surface area contributed by atoms with E-state index in [0.29, 0.717) is 11.5 Å². The molecule has 0 aliphatic carbocycles. The molecule has 5 aromatic rings. The van der Waals surface area contributed by atoms with Crippen molar-refractivity contribution >= 4 is 49.8 Å². The lowest BCUT2D eigenvalue weighted by Crippen LogP contribution is -2.00. The Morgan fingerprint density at radius 2 is 1.65 bits per heavy atom. The van der Waals surface area contributed by atoms with Crippen molar-refractivity contribution in [1.29, 1.82) is 0 Å². The standard InChI is InChI=1S/C22H14O4/c1-10-7-11(2)18-16(8-10)26-22-21(18)20-15(25-22)6-4-12-3-5-14-13(19(12)20)9-17(23)24-14/h3-8H,9H2,1-2H3. The van der Waals surface area contributed by atoms with Gasteiger partial charge in [0.1, 0.15) is 16.9 Å². The minimum absolute atomic E-state index is 0.215. The number of fused-ring (bicyclic) bond motifs is 9. The van der Waals surface area contributed by atoms with Crippen LogP contribution in [0.1, 0.15) is 16.7 Å². The smallest absolute Gasteiger partial charge is 0.315 e. The lowest BCUT2D eigenvalue weighted by atomic mass is 9.96. The van der Waals surface area contributed by atoms with Crippen molar-refractivity contribution < 1.29 is 18.4 Å². The molecule has 126 valence electrons. The fourth-order valence-electron chi connectivity index (χ4n) is 4.34. The third-order valence-electron chi connectivity index (χ3n) is 5.31. The van der Waals surface area contributed by atoms with Gasteiger partial charge >= 0.3 is 5.97 Å². The predicted octanol–water partition coefficient (Wildman–Crippen LogP) is 5.56. The second kappa shape index (κ2) is 4.47. The first-order chi connectivity index (χ1) is 12.6. The number of esters is 1. The van der Waals surface area contributed by atoms with E-state index < -0.39 is 0 Å². The highest BCUT2D eigenvalue weighted by atomic mass is 16.5. The molecule has 3 aromatic carbocycles. The number of aryl methyl sites for hydroxylation is 2. The maximum absolute atomic E-state index is 11.9.